The summed E-state index contributed by atoms with van der Waals surface area (Å²) in [6, 6.07) is 9.01. The molecule has 0 saturated heterocycles. The minimum atomic E-state index is -1.02. The van der Waals surface area contributed by atoms with Crippen molar-refractivity contribution < 1.29 is 42.7 Å². The Bertz CT molecular complexity index is 1320. The summed E-state index contributed by atoms with van der Waals surface area (Å²) in [6.07, 6.45) is 3.84. The fraction of sp³-hybridized carbons (Fsp3) is 0.240. The molecule has 1 aromatic heterocycles. The molecule has 11 heteroatoms. The van der Waals surface area contributed by atoms with E-state index in [9.17, 15) is 23.9 Å². The summed E-state index contributed by atoms with van der Waals surface area (Å²) in [5.74, 6) is -2.58. The molecule has 0 bridgehead atoms. The molecule has 0 spiro atoms. The van der Waals surface area contributed by atoms with E-state index in [2.05, 4.69) is 15.3 Å². The molecular formula is C25H23FLiN5O4. The Kier molecular flexibility index (Phi) is 8.45. The fourth-order valence-corrected chi connectivity index (χ4v) is 4.32. The third kappa shape index (κ3) is 5.73. The second kappa shape index (κ2) is 11.3. The largest absolute Gasteiger partial charge is 1.00 e. The van der Waals surface area contributed by atoms with Gasteiger partial charge in [0.15, 0.2) is 0 Å². The van der Waals surface area contributed by atoms with Gasteiger partial charge >= 0.3 is 24.8 Å². The molecule has 0 fully saturated rings. The minimum Gasteiger partial charge on any atom is -0.644 e. The van der Waals surface area contributed by atoms with Crippen molar-refractivity contribution in [2.75, 3.05) is 11.4 Å². The van der Waals surface area contributed by atoms with Crippen LogP contribution in [-0.2, 0) is 17.8 Å². The molecule has 0 aliphatic heterocycles. The minimum absolute atomic E-state index is 0. The third-order valence-electron chi connectivity index (χ3n) is 5.97. The SMILES string of the molecule is Cc1cc(C[N-]C(=O)c2ncncc2N(CC(N)=O)C2CCc3cc(C(=O)O)ccc32)ccc1F.[Li+]. The van der Waals surface area contributed by atoms with E-state index >= 15 is 0 Å². The number of hydrogen-bond donors (Lipinski definition) is 2. The molecule has 180 valence electrons. The van der Waals surface area contributed by atoms with Crippen molar-refractivity contribution in [3.63, 3.8) is 0 Å². The molecule has 3 aromatic rings. The summed E-state index contributed by atoms with van der Waals surface area (Å²) in [5.41, 5.74) is 8.84. The number of primary amides is 1. The van der Waals surface area contributed by atoms with E-state index in [-0.39, 0.29) is 55.1 Å². The first-order valence-electron chi connectivity index (χ1n) is 10.9. The molecule has 36 heavy (non-hydrogen) atoms. The summed E-state index contributed by atoms with van der Waals surface area (Å²) >= 11 is 0. The summed E-state index contributed by atoms with van der Waals surface area (Å²) in [7, 11) is 0. The number of nitrogens with zero attached hydrogens (tertiary/aromatic N) is 4. The normalized spacial score (nSPS) is 13.9. The van der Waals surface area contributed by atoms with Gasteiger partial charge in [0.05, 0.1) is 30.0 Å². The Morgan fingerprint density at radius 3 is 2.69 bits per heavy atom. The van der Waals surface area contributed by atoms with Gasteiger partial charge in [0.2, 0.25) is 5.91 Å². The monoisotopic (exact) mass is 483 g/mol. The number of carbonyl (C=O) groups is 3. The number of anilines is 1. The Hall–Kier alpha value is -3.74. The molecule has 2 aromatic carbocycles. The van der Waals surface area contributed by atoms with E-state index in [4.69, 9.17) is 5.73 Å². The number of nitrogens with two attached hydrogens (primary N) is 1. The molecule has 9 nitrogen and oxygen atoms in total. The van der Waals surface area contributed by atoms with Crippen molar-refractivity contribution >= 4 is 23.5 Å². The number of aromatic nitrogens is 2. The predicted molar refractivity (Wildman–Crippen MR) is 126 cm³/mol. The maximum atomic E-state index is 13.5. The molecule has 3 N–H and O–H groups in total. The number of aryl methyl sites for hydroxylation is 2. The second-order valence-electron chi connectivity index (χ2n) is 8.33. The summed E-state index contributed by atoms with van der Waals surface area (Å²) in [5, 5.41) is 13.4. The zero-order chi connectivity index (χ0) is 25.1. The van der Waals surface area contributed by atoms with Crippen molar-refractivity contribution in [1.82, 2.24) is 9.97 Å². The van der Waals surface area contributed by atoms with Gasteiger partial charge in [0, 0.05) is 0 Å². The van der Waals surface area contributed by atoms with Gasteiger partial charge in [-0.25, -0.2) is 19.2 Å². The number of fused-ring (bicyclic) bond motifs is 1. The van der Waals surface area contributed by atoms with Gasteiger partial charge in [-0.05, 0) is 54.7 Å². The number of rotatable bonds is 8. The van der Waals surface area contributed by atoms with Gasteiger partial charge in [0.1, 0.15) is 23.7 Å². The van der Waals surface area contributed by atoms with E-state index in [0.29, 0.717) is 29.7 Å². The van der Waals surface area contributed by atoms with Crippen LogP contribution in [0.25, 0.3) is 5.32 Å². The molecule has 2 amide bonds. The van der Waals surface area contributed by atoms with Crippen molar-refractivity contribution in [3.05, 3.63) is 93.6 Å². The van der Waals surface area contributed by atoms with Crippen LogP contribution >= 0.6 is 0 Å². The van der Waals surface area contributed by atoms with Crippen molar-refractivity contribution in [2.24, 2.45) is 5.73 Å². The van der Waals surface area contributed by atoms with Crippen LogP contribution in [-0.4, -0.2) is 39.4 Å². The van der Waals surface area contributed by atoms with Gasteiger partial charge in [-0.1, -0.05) is 23.8 Å². The van der Waals surface area contributed by atoms with Gasteiger partial charge in [-0.3, -0.25) is 4.79 Å². The number of benzene rings is 2. The zero-order valence-electron chi connectivity index (χ0n) is 19.9. The van der Waals surface area contributed by atoms with E-state index in [0.717, 1.165) is 11.1 Å². The molecular weight excluding hydrogens is 460 g/mol. The number of halogens is 1. The summed E-state index contributed by atoms with van der Waals surface area (Å²) in [6.45, 7) is 1.46. The van der Waals surface area contributed by atoms with Crippen molar-refractivity contribution in [2.45, 2.75) is 32.4 Å². The van der Waals surface area contributed by atoms with Crippen LogP contribution in [0.3, 0.4) is 0 Å². The first-order valence-corrected chi connectivity index (χ1v) is 10.9. The molecule has 4 rings (SSSR count). The van der Waals surface area contributed by atoms with Crippen LogP contribution in [0.1, 0.15) is 55.6 Å². The number of carboxylic acid groups (broad SMARTS) is 1. The third-order valence-corrected chi connectivity index (χ3v) is 5.97. The maximum Gasteiger partial charge on any atom is 1.00 e. The number of hydrogen-bond acceptors (Lipinski definition) is 6. The molecule has 1 atom stereocenters. The van der Waals surface area contributed by atoms with Crippen LogP contribution in [0.15, 0.2) is 48.9 Å². The quantitative estimate of drug-likeness (QED) is 0.440. The second-order valence-corrected chi connectivity index (χ2v) is 8.33. The van der Waals surface area contributed by atoms with Gasteiger partial charge < -0.3 is 25.9 Å². The Morgan fingerprint density at radius 2 is 2.00 bits per heavy atom. The van der Waals surface area contributed by atoms with Gasteiger partial charge in [-0.15, -0.1) is 6.54 Å². The maximum absolute atomic E-state index is 13.5. The molecule has 1 aliphatic carbocycles. The average molecular weight is 483 g/mol. The molecule has 1 heterocycles. The average Bonchev–Trinajstić information content (AvgIpc) is 3.26. The zero-order valence-corrected chi connectivity index (χ0v) is 19.9. The first kappa shape index (κ1) is 26.9. The molecule has 1 aliphatic rings. The topological polar surface area (TPSA) is 141 Å². The van der Waals surface area contributed by atoms with E-state index in [1.165, 1.54) is 24.7 Å². The van der Waals surface area contributed by atoms with Gasteiger partial charge in [0.25, 0.3) is 0 Å². The molecule has 0 saturated carbocycles. The number of carboxylic acids is 1. The predicted octanol–water partition coefficient (Wildman–Crippen LogP) is 0.320. The Morgan fingerprint density at radius 1 is 1.22 bits per heavy atom. The van der Waals surface area contributed by atoms with Crippen LogP contribution in [0.2, 0.25) is 0 Å². The Balaban J connectivity index is 0.00000361. The fourth-order valence-electron chi connectivity index (χ4n) is 4.32. The summed E-state index contributed by atoms with van der Waals surface area (Å²) in [4.78, 5) is 46.2. The van der Waals surface area contributed by atoms with Crippen molar-refractivity contribution in [1.29, 1.82) is 0 Å². The van der Waals surface area contributed by atoms with Crippen molar-refractivity contribution in [3.8, 4) is 0 Å². The number of aromatic carboxylic acids is 1. The van der Waals surface area contributed by atoms with E-state index in [1.54, 1.807) is 36.1 Å². The first-order chi connectivity index (χ1) is 16.7. The van der Waals surface area contributed by atoms with Crippen LogP contribution < -0.4 is 29.5 Å². The van der Waals surface area contributed by atoms with Crippen LogP contribution in [0.4, 0.5) is 10.1 Å². The Labute approximate surface area is 219 Å². The van der Waals surface area contributed by atoms with E-state index < -0.39 is 17.8 Å². The van der Waals surface area contributed by atoms with Gasteiger partial charge in [-0.2, -0.15) is 0 Å². The number of amides is 2. The number of carbonyl (C=O) groups excluding carboxylic acids is 2. The molecule has 1 unspecified atom stereocenters. The van der Waals surface area contributed by atoms with Crippen LogP contribution in [0.5, 0.6) is 0 Å². The van der Waals surface area contributed by atoms with Crippen LogP contribution in [0, 0.1) is 12.7 Å². The standard InChI is InChI=1S/C25H24FN5O4.Li/c1-14-8-15(2-6-19(14)26)10-29-24(33)23-21(11-28-13-30-23)31(12-22(27)32)20-7-4-16-9-17(25(34)35)3-5-18(16)20;/h2-3,5-6,8-9,11,13,20H,4,7,10,12H2,1H3,(H4,27,29,32,33,34,35);/q;+1/p-1. The van der Waals surface area contributed by atoms with E-state index in [1.807, 2.05) is 0 Å². The molecule has 0 radical (unpaired) electrons. The smallest absolute Gasteiger partial charge is 0.644 e. The summed E-state index contributed by atoms with van der Waals surface area (Å²) < 4.78 is 13.5.